The molecule has 144 valence electrons. The molecule has 0 fully saturated rings. The second-order valence-electron chi connectivity index (χ2n) is 6.59. The van der Waals surface area contributed by atoms with Crippen molar-refractivity contribution < 1.29 is 29.1 Å². The van der Waals surface area contributed by atoms with Gasteiger partial charge in [-0.05, 0) is 35.4 Å². The molecule has 0 unspecified atom stereocenters. The SMILES string of the molecule is COC(=O)[C@]1(Cc2ccc(OC)cc2)[NH2+]CCc2cc(OC)c(OC)cc21. The minimum Gasteiger partial charge on any atom is -0.497 e. The highest BCUT2D eigenvalue weighted by Crippen LogP contribution is 2.37. The summed E-state index contributed by atoms with van der Waals surface area (Å²) in [5.41, 5.74) is 2.15. The van der Waals surface area contributed by atoms with Crippen LogP contribution in [0.2, 0.25) is 0 Å². The monoisotopic (exact) mass is 372 g/mol. The van der Waals surface area contributed by atoms with Gasteiger partial charge in [0.2, 0.25) is 5.54 Å². The summed E-state index contributed by atoms with van der Waals surface area (Å²) in [6.07, 6.45) is 1.35. The molecule has 1 aliphatic heterocycles. The summed E-state index contributed by atoms with van der Waals surface area (Å²) in [7, 11) is 6.28. The lowest BCUT2D eigenvalue weighted by Crippen LogP contribution is -2.99. The average Bonchev–Trinajstić information content (AvgIpc) is 2.72. The molecule has 3 rings (SSSR count). The van der Waals surface area contributed by atoms with Gasteiger partial charge in [0.05, 0.1) is 35.0 Å². The molecule has 2 aromatic carbocycles. The van der Waals surface area contributed by atoms with E-state index in [4.69, 9.17) is 18.9 Å². The highest BCUT2D eigenvalue weighted by molar-refractivity contribution is 5.82. The van der Waals surface area contributed by atoms with Crippen molar-refractivity contribution in [3.05, 3.63) is 53.1 Å². The number of ether oxygens (including phenoxy) is 4. The quantitative estimate of drug-likeness (QED) is 0.777. The Morgan fingerprint density at radius 3 is 2.26 bits per heavy atom. The lowest BCUT2D eigenvalue weighted by Gasteiger charge is -2.35. The van der Waals surface area contributed by atoms with Crippen molar-refractivity contribution in [2.45, 2.75) is 18.4 Å². The maximum Gasteiger partial charge on any atom is 0.373 e. The minimum atomic E-state index is -0.865. The van der Waals surface area contributed by atoms with Gasteiger partial charge in [0.1, 0.15) is 5.75 Å². The molecule has 1 atom stereocenters. The molecule has 27 heavy (non-hydrogen) atoms. The van der Waals surface area contributed by atoms with Crippen LogP contribution >= 0.6 is 0 Å². The van der Waals surface area contributed by atoms with E-state index in [0.717, 1.165) is 35.4 Å². The normalized spacial score (nSPS) is 18.4. The summed E-state index contributed by atoms with van der Waals surface area (Å²) in [6, 6.07) is 11.6. The molecular formula is C21H26NO5+. The van der Waals surface area contributed by atoms with E-state index in [1.807, 2.05) is 36.4 Å². The third kappa shape index (κ3) is 3.45. The Hall–Kier alpha value is -2.73. The zero-order chi connectivity index (χ0) is 19.4. The predicted molar refractivity (Wildman–Crippen MR) is 100 cm³/mol. The van der Waals surface area contributed by atoms with Crippen molar-refractivity contribution in [1.29, 1.82) is 0 Å². The van der Waals surface area contributed by atoms with Crippen LogP contribution in [0.3, 0.4) is 0 Å². The number of benzene rings is 2. The van der Waals surface area contributed by atoms with Gasteiger partial charge in [0.25, 0.3) is 0 Å². The van der Waals surface area contributed by atoms with Crippen molar-refractivity contribution in [3.8, 4) is 17.2 Å². The molecule has 0 saturated carbocycles. The van der Waals surface area contributed by atoms with Gasteiger partial charge >= 0.3 is 5.97 Å². The molecule has 0 amide bonds. The highest BCUT2D eigenvalue weighted by Gasteiger charge is 2.49. The number of nitrogens with two attached hydrogens (primary N) is 1. The number of quaternary nitrogens is 1. The number of methoxy groups -OCH3 is 4. The Balaban J connectivity index is 2.11. The first-order valence-electron chi connectivity index (χ1n) is 8.89. The van der Waals surface area contributed by atoms with E-state index in [2.05, 4.69) is 5.32 Å². The average molecular weight is 372 g/mol. The van der Waals surface area contributed by atoms with Gasteiger partial charge in [-0.2, -0.15) is 0 Å². The first-order chi connectivity index (χ1) is 13.1. The Bertz CT molecular complexity index is 818. The van der Waals surface area contributed by atoms with Crippen LogP contribution in [-0.2, 0) is 27.9 Å². The zero-order valence-corrected chi connectivity index (χ0v) is 16.2. The zero-order valence-electron chi connectivity index (χ0n) is 16.2. The molecule has 0 aromatic heterocycles. The van der Waals surface area contributed by atoms with Crippen LogP contribution in [0.5, 0.6) is 17.2 Å². The van der Waals surface area contributed by atoms with Crippen LogP contribution in [0.25, 0.3) is 0 Å². The van der Waals surface area contributed by atoms with Gasteiger partial charge < -0.3 is 24.3 Å². The van der Waals surface area contributed by atoms with Crippen LogP contribution < -0.4 is 19.5 Å². The molecule has 0 saturated heterocycles. The molecule has 2 N–H and O–H groups in total. The van der Waals surface area contributed by atoms with E-state index in [1.165, 1.54) is 7.11 Å². The molecule has 0 spiro atoms. The van der Waals surface area contributed by atoms with E-state index in [0.29, 0.717) is 17.9 Å². The van der Waals surface area contributed by atoms with Gasteiger partial charge in [0, 0.05) is 18.4 Å². The highest BCUT2D eigenvalue weighted by atomic mass is 16.5. The van der Waals surface area contributed by atoms with Gasteiger partial charge in [-0.3, -0.25) is 0 Å². The number of rotatable bonds is 6. The van der Waals surface area contributed by atoms with Crippen molar-refractivity contribution >= 4 is 5.97 Å². The summed E-state index contributed by atoms with van der Waals surface area (Å²) in [4.78, 5) is 13.0. The van der Waals surface area contributed by atoms with Gasteiger partial charge in [-0.15, -0.1) is 0 Å². The lowest BCUT2D eigenvalue weighted by atomic mass is 9.77. The molecule has 2 aromatic rings. The Labute approximate surface area is 159 Å². The van der Waals surface area contributed by atoms with Crippen molar-refractivity contribution in [2.24, 2.45) is 0 Å². The van der Waals surface area contributed by atoms with E-state index < -0.39 is 5.54 Å². The molecule has 1 heterocycles. The molecule has 0 radical (unpaired) electrons. The fourth-order valence-electron chi connectivity index (χ4n) is 3.81. The summed E-state index contributed by atoms with van der Waals surface area (Å²) in [5.74, 6) is 1.78. The first kappa shape index (κ1) is 19.0. The topological polar surface area (TPSA) is 70.6 Å². The third-order valence-corrected chi connectivity index (χ3v) is 5.19. The second-order valence-corrected chi connectivity index (χ2v) is 6.59. The number of esters is 1. The Morgan fingerprint density at radius 2 is 1.67 bits per heavy atom. The van der Waals surface area contributed by atoms with E-state index in [1.54, 1.807) is 21.3 Å². The van der Waals surface area contributed by atoms with Crippen LogP contribution in [0.1, 0.15) is 16.7 Å². The molecule has 0 aliphatic carbocycles. The Morgan fingerprint density at radius 1 is 1.00 bits per heavy atom. The van der Waals surface area contributed by atoms with E-state index in [9.17, 15) is 4.79 Å². The van der Waals surface area contributed by atoms with Gasteiger partial charge in [-0.25, -0.2) is 4.79 Å². The minimum absolute atomic E-state index is 0.272. The van der Waals surface area contributed by atoms with Gasteiger partial charge in [-0.1, -0.05) is 12.1 Å². The van der Waals surface area contributed by atoms with Crippen LogP contribution in [0, 0.1) is 0 Å². The number of fused-ring (bicyclic) bond motifs is 1. The van der Waals surface area contributed by atoms with Crippen molar-refractivity contribution in [3.63, 3.8) is 0 Å². The summed E-state index contributed by atoms with van der Waals surface area (Å²) in [5, 5.41) is 2.07. The lowest BCUT2D eigenvalue weighted by molar-refractivity contribution is -0.726. The van der Waals surface area contributed by atoms with E-state index in [-0.39, 0.29) is 5.97 Å². The largest absolute Gasteiger partial charge is 0.497 e. The molecule has 6 nitrogen and oxygen atoms in total. The standard InChI is InChI=1S/C21H25NO5/c1-24-16-7-5-14(6-8-16)13-21(20(23)27-4)17-12-19(26-3)18(25-2)11-15(17)9-10-22-21/h5-8,11-12,22H,9-10,13H2,1-4H3/p+1/t21-/m1/s1. The summed E-state index contributed by atoms with van der Waals surface area (Å²) in [6.45, 7) is 0.785. The van der Waals surface area contributed by atoms with E-state index >= 15 is 0 Å². The summed E-state index contributed by atoms with van der Waals surface area (Å²) < 4.78 is 21.4. The van der Waals surface area contributed by atoms with Crippen LogP contribution in [0.15, 0.2) is 36.4 Å². The first-order valence-corrected chi connectivity index (χ1v) is 8.89. The number of hydrogen-bond acceptors (Lipinski definition) is 5. The molecule has 0 bridgehead atoms. The fraction of sp³-hybridized carbons (Fsp3) is 0.381. The van der Waals surface area contributed by atoms with Crippen LogP contribution in [0.4, 0.5) is 0 Å². The van der Waals surface area contributed by atoms with Crippen molar-refractivity contribution in [1.82, 2.24) is 0 Å². The second kappa shape index (κ2) is 7.88. The fourth-order valence-corrected chi connectivity index (χ4v) is 3.81. The number of carbonyl (C=O) groups is 1. The third-order valence-electron chi connectivity index (χ3n) is 5.19. The Kier molecular flexibility index (Phi) is 5.56. The number of hydrogen-bond donors (Lipinski definition) is 1. The summed E-state index contributed by atoms with van der Waals surface area (Å²) >= 11 is 0. The van der Waals surface area contributed by atoms with Crippen LogP contribution in [-0.4, -0.2) is 41.0 Å². The molecular weight excluding hydrogens is 346 g/mol. The smallest absolute Gasteiger partial charge is 0.373 e. The van der Waals surface area contributed by atoms with Gasteiger partial charge in [0.15, 0.2) is 11.5 Å². The maximum absolute atomic E-state index is 13.0. The molecule has 6 heteroatoms. The maximum atomic E-state index is 13.0. The van der Waals surface area contributed by atoms with Crippen molar-refractivity contribution in [2.75, 3.05) is 35.0 Å². The molecule has 1 aliphatic rings. The predicted octanol–water partition coefficient (Wildman–Crippen LogP) is 1.44. The number of carbonyl (C=O) groups excluding carboxylic acids is 1.